The molecule has 0 heterocycles. The maximum atomic E-state index is 9.71. The predicted molar refractivity (Wildman–Crippen MR) is 68.8 cm³/mol. The van der Waals surface area contributed by atoms with Crippen LogP contribution in [0.15, 0.2) is 0 Å². The third-order valence-corrected chi connectivity index (χ3v) is 3.58. The van der Waals surface area contributed by atoms with Gasteiger partial charge < -0.3 is 10.2 Å². The Balaban J connectivity index is 0.000000385. The van der Waals surface area contributed by atoms with Gasteiger partial charge in [-0.1, -0.05) is 43.1 Å². The summed E-state index contributed by atoms with van der Waals surface area (Å²) in [5.74, 6) is 1.12. The molecule has 2 N–H and O–H groups in total. The van der Waals surface area contributed by atoms with Crippen LogP contribution < -0.4 is 0 Å². The minimum atomic E-state index is -0.829. The maximum absolute atomic E-state index is 9.71. The van der Waals surface area contributed by atoms with Crippen LogP contribution >= 0.6 is 15.9 Å². The van der Waals surface area contributed by atoms with Gasteiger partial charge in [0.15, 0.2) is 0 Å². The second-order valence-corrected chi connectivity index (χ2v) is 5.48. The van der Waals surface area contributed by atoms with Gasteiger partial charge in [0.25, 0.3) is 0 Å². The van der Waals surface area contributed by atoms with Crippen molar-refractivity contribution in [1.82, 2.24) is 0 Å². The molecule has 0 aromatic heterocycles. The van der Waals surface area contributed by atoms with Crippen LogP contribution in [-0.2, 0) is 4.79 Å². The van der Waals surface area contributed by atoms with E-state index >= 15 is 0 Å². The standard InChI is InChI=1S/C10H20O.C2H3BrO2/c1-7(2)9-5-4-8(3)6-10(9)11;3-1-2(4)5/h7-11H,4-6H2,1-3H3;1H2,(H,4,5). The Hall–Kier alpha value is -0.0900. The summed E-state index contributed by atoms with van der Waals surface area (Å²) in [6.45, 7) is 6.66. The maximum Gasteiger partial charge on any atom is 0.314 e. The number of halogens is 1. The molecule has 0 saturated heterocycles. The van der Waals surface area contributed by atoms with E-state index in [-0.39, 0.29) is 11.4 Å². The first-order chi connectivity index (χ1) is 7.38. The molecule has 96 valence electrons. The Morgan fingerprint density at radius 2 is 1.94 bits per heavy atom. The number of carbonyl (C=O) groups is 1. The average Bonchev–Trinajstić information content (AvgIpc) is 2.17. The number of hydrogen-bond acceptors (Lipinski definition) is 2. The summed E-state index contributed by atoms with van der Waals surface area (Å²) in [6, 6.07) is 0. The van der Waals surface area contributed by atoms with Crippen LogP contribution in [0.2, 0.25) is 0 Å². The molecule has 4 heteroatoms. The molecular weight excluding hydrogens is 272 g/mol. The molecule has 0 amide bonds. The lowest BCUT2D eigenvalue weighted by Gasteiger charge is -2.33. The highest BCUT2D eigenvalue weighted by Crippen LogP contribution is 2.33. The topological polar surface area (TPSA) is 57.5 Å². The summed E-state index contributed by atoms with van der Waals surface area (Å²) in [7, 11) is 0. The van der Waals surface area contributed by atoms with Gasteiger partial charge in [0.05, 0.1) is 6.10 Å². The van der Waals surface area contributed by atoms with Crippen LogP contribution in [0.3, 0.4) is 0 Å². The quantitative estimate of drug-likeness (QED) is 0.770. The summed E-state index contributed by atoms with van der Waals surface area (Å²) in [6.07, 6.45) is 3.52. The van der Waals surface area contributed by atoms with Crippen LogP contribution in [0.4, 0.5) is 0 Å². The van der Waals surface area contributed by atoms with E-state index in [2.05, 4.69) is 36.7 Å². The molecule has 0 aliphatic heterocycles. The molecule has 0 aromatic rings. The zero-order valence-electron chi connectivity index (χ0n) is 10.3. The van der Waals surface area contributed by atoms with E-state index in [0.29, 0.717) is 11.8 Å². The van der Waals surface area contributed by atoms with Crippen molar-refractivity contribution in [3.8, 4) is 0 Å². The fourth-order valence-corrected chi connectivity index (χ4v) is 2.15. The molecule has 0 aromatic carbocycles. The summed E-state index contributed by atoms with van der Waals surface area (Å²) in [5.41, 5.74) is 0. The van der Waals surface area contributed by atoms with Gasteiger partial charge in [0.1, 0.15) is 5.33 Å². The van der Waals surface area contributed by atoms with E-state index < -0.39 is 5.97 Å². The van der Waals surface area contributed by atoms with E-state index in [1.54, 1.807) is 0 Å². The van der Waals surface area contributed by atoms with Gasteiger partial charge in [0, 0.05) is 0 Å². The summed E-state index contributed by atoms with van der Waals surface area (Å²) in [5, 5.41) is 17.4. The first-order valence-electron chi connectivity index (χ1n) is 5.84. The SMILES string of the molecule is CC1CCC(C(C)C)C(O)C1.O=C(O)CBr. The minimum Gasteiger partial charge on any atom is -0.481 e. The van der Waals surface area contributed by atoms with Crippen LogP contribution in [0, 0.1) is 17.8 Å². The highest BCUT2D eigenvalue weighted by atomic mass is 79.9. The molecule has 3 atom stereocenters. The van der Waals surface area contributed by atoms with E-state index in [9.17, 15) is 9.90 Å². The lowest BCUT2D eigenvalue weighted by molar-refractivity contribution is -0.133. The molecule has 3 nitrogen and oxygen atoms in total. The zero-order chi connectivity index (χ0) is 12.7. The highest BCUT2D eigenvalue weighted by molar-refractivity contribution is 9.09. The molecule has 1 aliphatic rings. The molecule has 1 aliphatic carbocycles. The Bertz CT molecular complexity index is 206. The van der Waals surface area contributed by atoms with Crippen molar-refractivity contribution in [2.24, 2.45) is 17.8 Å². The number of hydrogen-bond donors (Lipinski definition) is 2. The molecule has 1 fully saturated rings. The van der Waals surface area contributed by atoms with Crippen molar-refractivity contribution in [3.05, 3.63) is 0 Å². The number of aliphatic carboxylic acids is 1. The van der Waals surface area contributed by atoms with E-state index in [4.69, 9.17) is 5.11 Å². The molecule has 1 saturated carbocycles. The average molecular weight is 295 g/mol. The first-order valence-corrected chi connectivity index (χ1v) is 6.96. The summed E-state index contributed by atoms with van der Waals surface area (Å²) < 4.78 is 0. The van der Waals surface area contributed by atoms with Gasteiger partial charge in [-0.15, -0.1) is 0 Å². The van der Waals surface area contributed by atoms with Crippen molar-refractivity contribution in [3.63, 3.8) is 0 Å². The number of rotatable bonds is 2. The lowest BCUT2D eigenvalue weighted by Crippen LogP contribution is -2.31. The van der Waals surface area contributed by atoms with Crippen molar-refractivity contribution in [2.75, 3.05) is 5.33 Å². The Labute approximate surface area is 106 Å². The number of aliphatic hydroxyl groups excluding tert-OH is 1. The number of aliphatic hydroxyl groups is 1. The number of alkyl halides is 1. The Morgan fingerprint density at radius 1 is 1.44 bits per heavy atom. The van der Waals surface area contributed by atoms with E-state index in [1.165, 1.54) is 12.8 Å². The second kappa shape index (κ2) is 8.07. The minimum absolute atomic E-state index is 0.0289. The zero-order valence-corrected chi connectivity index (χ0v) is 11.9. The van der Waals surface area contributed by atoms with E-state index in [1.807, 2.05) is 0 Å². The van der Waals surface area contributed by atoms with Crippen molar-refractivity contribution >= 4 is 21.9 Å². The third-order valence-electron chi connectivity index (χ3n) is 3.10. The number of carboxylic acids is 1. The second-order valence-electron chi connectivity index (χ2n) is 4.92. The van der Waals surface area contributed by atoms with Gasteiger partial charge in [-0.3, -0.25) is 4.79 Å². The summed E-state index contributed by atoms with van der Waals surface area (Å²) in [4.78, 5) is 9.32. The van der Waals surface area contributed by atoms with Gasteiger partial charge in [-0.25, -0.2) is 0 Å². The van der Waals surface area contributed by atoms with Gasteiger partial charge in [-0.05, 0) is 30.6 Å². The Kier molecular flexibility index (Phi) is 8.02. The highest BCUT2D eigenvalue weighted by Gasteiger charge is 2.28. The molecule has 0 bridgehead atoms. The van der Waals surface area contributed by atoms with Crippen molar-refractivity contribution in [2.45, 2.75) is 46.1 Å². The van der Waals surface area contributed by atoms with Crippen LogP contribution in [0.25, 0.3) is 0 Å². The normalized spacial score (nSPS) is 29.5. The van der Waals surface area contributed by atoms with Crippen LogP contribution in [0.1, 0.15) is 40.0 Å². The molecule has 3 unspecified atom stereocenters. The predicted octanol–water partition coefficient (Wildman–Crippen LogP) is 2.91. The Morgan fingerprint density at radius 3 is 2.25 bits per heavy atom. The van der Waals surface area contributed by atoms with Gasteiger partial charge in [0.2, 0.25) is 0 Å². The van der Waals surface area contributed by atoms with Gasteiger partial charge in [-0.2, -0.15) is 0 Å². The van der Waals surface area contributed by atoms with Crippen molar-refractivity contribution < 1.29 is 15.0 Å². The number of carboxylic acid groups (broad SMARTS) is 1. The van der Waals surface area contributed by atoms with E-state index in [0.717, 1.165) is 12.3 Å². The fraction of sp³-hybridized carbons (Fsp3) is 0.917. The summed E-state index contributed by atoms with van der Waals surface area (Å²) >= 11 is 2.71. The monoisotopic (exact) mass is 294 g/mol. The lowest BCUT2D eigenvalue weighted by atomic mass is 9.75. The van der Waals surface area contributed by atoms with Gasteiger partial charge >= 0.3 is 5.97 Å². The first kappa shape index (κ1) is 15.9. The molecule has 16 heavy (non-hydrogen) atoms. The van der Waals surface area contributed by atoms with Crippen LogP contribution in [-0.4, -0.2) is 27.6 Å². The smallest absolute Gasteiger partial charge is 0.314 e. The molecule has 0 spiro atoms. The third kappa shape index (κ3) is 6.48. The fourth-order valence-electron chi connectivity index (χ4n) is 2.15. The largest absolute Gasteiger partial charge is 0.481 e. The van der Waals surface area contributed by atoms with Crippen LogP contribution in [0.5, 0.6) is 0 Å². The molecular formula is C12H23BrO3. The molecule has 0 radical (unpaired) electrons. The molecule has 1 rings (SSSR count). The van der Waals surface area contributed by atoms with Crippen molar-refractivity contribution in [1.29, 1.82) is 0 Å².